The van der Waals surface area contributed by atoms with Gasteiger partial charge in [0.1, 0.15) is 0 Å². The molecule has 0 bridgehead atoms. The number of nitrogens with one attached hydrogen (secondary N) is 1. The van der Waals surface area contributed by atoms with Crippen molar-refractivity contribution in [1.29, 1.82) is 0 Å². The van der Waals surface area contributed by atoms with Gasteiger partial charge < -0.3 is 4.98 Å². The summed E-state index contributed by atoms with van der Waals surface area (Å²) in [6.45, 7) is 1.57. The van der Waals surface area contributed by atoms with Crippen LogP contribution in [-0.2, 0) is 0 Å². The highest BCUT2D eigenvalue weighted by atomic mass is 79.9. The van der Waals surface area contributed by atoms with E-state index in [1.54, 1.807) is 6.92 Å². The van der Waals surface area contributed by atoms with Crippen LogP contribution in [0.2, 0.25) is 0 Å². The molecule has 3 heteroatoms. The summed E-state index contributed by atoms with van der Waals surface area (Å²) in [6, 6.07) is 7.62. The normalized spacial score (nSPS) is 10.6. The molecule has 0 saturated heterocycles. The van der Waals surface area contributed by atoms with Crippen molar-refractivity contribution in [1.82, 2.24) is 4.98 Å². The SMILES string of the molecule is CC(=O)c1ccc2cc(Br)[nH]c2c1. The fourth-order valence-corrected chi connectivity index (χ4v) is 1.77. The predicted octanol–water partition coefficient (Wildman–Crippen LogP) is 3.13. The molecule has 1 aromatic carbocycles. The van der Waals surface area contributed by atoms with Gasteiger partial charge in [0.05, 0.1) is 4.60 Å². The Kier molecular flexibility index (Phi) is 1.96. The summed E-state index contributed by atoms with van der Waals surface area (Å²) in [5, 5.41) is 1.11. The van der Waals surface area contributed by atoms with Crippen molar-refractivity contribution in [2.24, 2.45) is 0 Å². The molecule has 2 aromatic rings. The molecule has 2 rings (SSSR count). The van der Waals surface area contributed by atoms with E-state index in [1.807, 2.05) is 24.3 Å². The summed E-state index contributed by atoms with van der Waals surface area (Å²) >= 11 is 3.35. The Morgan fingerprint density at radius 1 is 1.38 bits per heavy atom. The first kappa shape index (κ1) is 8.51. The van der Waals surface area contributed by atoms with Gasteiger partial charge in [-0.05, 0) is 35.0 Å². The van der Waals surface area contributed by atoms with Gasteiger partial charge in [-0.15, -0.1) is 0 Å². The average molecular weight is 238 g/mol. The van der Waals surface area contributed by atoms with Crippen LogP contribution < -0.4 is 0 Å². The smallest absolute Gasteiger partial charge is 0.159 e. The molecule has 0 aliphatic rings. The van der Waals surface area contributed by atoms with Crippen molar-refractivity contribution in [3.05, 3.63) is 34.4 Å². The fourth-order valence-electron chi connectivity index (χ4n) is 1.31. The van der Waals surface area contributed by atoms with Gasteiger partial charge in [0.2, 0.25) is 0 Å². The zero-order chi connectivity index (χ0) is 9.42. The van der Waals surface area contributed by atoms with Crippen LogP contribution in [0.25, 0.3) is 10.9 Å². The number of aromatic nitrogens is 1. The van der Waals surface area contributed by atoms with E-state index in [4.69, 9.17) is 0 Å². The lowest BCUT2D eigenvalue weighted by molar-refractivity contribution is 0.101. The number of carbonyl (C=O) groups is 1. The Labute approximate surface area is 84.1 Å². The van der Waals surface area contributed by atoms with Crippen LogP contribution in [0, 0.1) is 0 Å². The Morgan fingerprint density at radius 2 is 2.15 bits per heavy atom. The third kappa shape index (κ3) is 1.52. The van der Waals surface area contributed by atoms with Crippen molar-refractivity contribution in [3.63, 3.8) is 0 Å². The largest absolute Gasteiger partial charge is 0.349 e. The van der Waals surface area contributed by atoms with Gasteiger partial charge in [-0.25, -0.2) is 0 Å². The summed E-state index contributed by atoms with van der Waals surface area (Å²) < 4.78 is 0.934. The van der Waals surface area contributed by atoms with Crippen molar-refractivity contribution in [3.8, 4) is 0 Å². The van der Waals surface area contributed by atoms with Crippen molar-refractivity contribution in [2.75, 3.05) is 0 Å². The van der Waals surface area contributed by atoms with E-state index in [0.717, 1.165) is 21.1 Å². The monoisotopic (exact) mass is 237 g/mol. The van der Waals surface area contributed by atoms with Gasteiger partial charge in [-0.3, -0.25) is 4.79 Å². The molecule has 0 amide bonds. The minimum absolute atomic E-state index is 0.0904. The van der Waals surface area contributed by atoms with Crippen LogP contribution >= 0.6 is 15.9 Å². The van der Waals surface area contributed by atoms with Crippen molar-refractivity contribution in [2.45, 2.75) is 6.92 Å². The number of halogens is 1. The van der Waals surface area contributed by atoms with Crippen LogP contribution in [0.5, 0.6) is 0 Å². The number of benzene rings is 1. The number of ketones is 1. The quantitative estimate of drug-likeness (QED) is 0.760. The number of carbonyl (C=O) groups excluding carboxylic acids is 1. The van der Waals surface area contributed by atoms with E-state index in [-0.39, 0.29) is 5.78 Å². The molecule has 0 atom stereocenters. The van der Waals surface area contributed by atoms with Crippen molar-refractivity contribution >= 4 is 32.6 Å². The lowest BCUT2D eigenvalue weighted by Crippen LogP contribution is -1.90. The maximum atomic E-state index is 11.1. The second-order valence-corrected chi connectivity index (χ2v) is 3.83. The number of H-pyrrole nitrogens is 1. The topological polar surface area (TPSA) is 32.9 Å². The van der Waals surface area contributed by atoms with Gasteiger partial charge in [0.25, 0.3) is 0 Å². The molecule has 1 N–H and O–H groups in total. The molecule has 0 aliphatic carbocycles. The number of rotatable bonds is 1. The minimum atomic E-state index is 0.0904. The first-order valence-corrected chi connectivity index (χ1v) is 4.75. The maximum absolute atomic E-state index is 11.1. The summed E-state index contributed by atoms with van der Waals surface area (Å²) in [4.78, 5) is 14.2. The number of hydrogen-bond donors (Lipinski definition) is 1. The number of Topliss-reactive ketones (excluding diaryl/α,β-unsaturated/α-hetero) is 1. The lowest BCUT2D eigenvalue weighted by Gasteiger charge is -1.94. The molecule has 1 heterocycles. The summed E-state index contributed by atoms with van der Waals surface area (Å²) in [7, 11) is 0. The lowest BCUT2D eigenvalue weighted by atomic mass is 10.1. The fraction of sp³-hybridized carbons (Fsp3) is 0.100. The highest BCUT2D eigenvalue weighted by Gasteiger charge is 2.02. The molecule has 0 saturated carbocycles. The zero-order valence-corrected chi connectivity index (χ0v) is 8.68. The molecule has 0 aliphatic heterocycles. The summed E-state index contributed by atoms with van der Waals surface area (Å²) in [5.41, 5.74) is 1.72. The summed E-state index contributed by atoms with van der Waals surface area (Å²) in [5.74, 6) is 0.0904. The van der Waals surface area contributed by atoms with Gasteiger partial charge in [-0.2, -0.15) is 0 Å². The van der Waals surface area contributed by atoms with Crippen LogP contribution in [0.15, 0.2) is 28.9 Å². The zero-order valence-electron chi connectivity index (χ0n) is 7.10. The Balaban J connectivity index is 2.67. The van der Waals surface area contributed by atoms with Gasteiger partial charge in [0, 0.05) is 16.5 Å². The number of fused-ring (bicyclic) bond motifs is 1. The van der Waals surface area contributed by atoms with Gasteiger partial charge in [0.15, 0.2) is 5.78 Å². The predicted molar refractivity (Wildman–Crippen MR) is 56.0 cm³/mol. The van der Waals surface area contributed by atoms with E-state index in [1.165, 1.54) is 0 Å². The second-order valence-electron chi connectivity index (χ2n) is 2.98. The maximum Gasteiger partial charge on any atom is 0.159 e. The third-order valence-corrected chi connectivity index (χ3v) is 2.42. The molecular weight excluding hydrogens is 230 g/mol. The Hall–Kier alpha value is -1.09. The van der Waals surface area contributed by atoms with E-state index in [0.29, 0.717) is 0 Å². The summed E-state index contributed by atoms with van der Waals surface area (Å²) in [6.07, 6.45) is 0. The second kappa shape index (κ2) is 3.00. The number of aromatic amines is 1. The average Bonchev–Trinajstić information content (AvgIpc) is 2.42. The van der Waals surface area contributed by atoms with Crippen LogP contribution in [0.1, 0.15) is 17.3 Å². The first-order chi connectivity index (χ1) is 6.16. The molecule has 0 fully saturated rings. The molecule has 1 aromatic heterocycles. The van der Waals surface area contributed by atoms with Crippen LogP contribution in [-0.4, -0.2) is 10.8 Å². The third-order valence-electron chi connectivity index (χ3n) is 2.00. The highest BCUT2D eigenvalue weighted by Crippen LogP contribution is 2.20. The van der Waals surface area contributed by atoms with E-state index in [2.05, 4.69) is 20.9 Å². The Bertz CT molecular complexity index is 473. The molecule has 0 unspecified atom stereocenters. The van der Waals surface area contributed by atoms with Crippen molar-refractivity contribution < 1.29 is 4.79 Å². The van der Waals surface area contributed by atoms with Gasteiger partial charge in [-0.1, -0.05) is 12.1 Å². The Morgan fingerprint density at radius 3 is 2.85 bits per heavy atom. The van der Waals surface area contributed by atoms with E-state index in [9.17, 15) is 4.79 Å². The van der Waals surface area contributed by atoms with E-state index >= 15 is 0 Å². The molecule has 2 nitrogen and oxygen atoms in total. The molecule has 0 spiro atoms. The molecule has 13 heavy (non-hydrogen) atoms. The van der Waals surface area contributed by atoms with Crippen LogP contribution in [0.3, 0.4) is 0 Å². The van der Waals surface area contributed by atoms with Gasteiger partial charge >= 0.3 is 0 Å². The van der Waals surface area contributed by atoms with E-state index < -0.39 is 0 Å². The molecule has 66 valence electrons. The highest BCUT2D eigenvalue weighted by molar-refractivity contribution is 9.10. The molecule has 0 radical (unpaired) electrons. The molecular formula is C10H8BrNO. The minimum Gasteiger partial charge on any atom is -0.349 e. The van der Waals surface area contributed by atoms with Crippen LogP contribution in [0.4, 0.5) is 0 Å². The standard InChI is InChI=1S/C10H8BrNO/c1-6(13)7-2-3-8-5-10(11)12-9(8)4-7/h2-5,12H,1H3. The number of hydrogen-bond acceptors (Lipinski definition) is 1. The first-order valence-electron chi connectivity index (χ1n) is 3.96.